The van der Waals surface area contributed by atoms with E-state index in [0.29, 0.717) is 19.3 Å². The van der Waals surface area contributed by atoms with Gasteiger partial charge in [-0.25, -0.2) is 16.8 Å². The summed E-state index contributed by atoms with van der Waals surface area (Å²) in [4.78, 5) is 0.451. The van der Waals surface area contributed by atoms with Gasteiger partial charge in [-0.05, 0) is 74.1 Å². The van der Waals surface area contributed by atoms with Gasteiger partial charge in [0.25, 0.3) is 10.0 Å². The molecule has 3 atom stereocenters. The van der Waals surface area contributed by atoms with E-state index in [4.69, 9.17) is 0 Å². The quantitative estimate of drug-likeness (QED) is 0.232. The maximum absolute atomic E-state index is 14.3. The van der Waals surface area contributed by atoms with Crippen LogP contribution >= 0.6 is 0 Å². The van der Waals surface area contributed by atoms with Gasteiger partial charge in [0.2, 0.25) is 10.0 Å². The average molecular weight is 599 g/mol. The van der Waals surface area contributed by atoms with Crippen molar-refractivity contribution >= 4 is 20.0 Å². The summed E-state index contributed by atoms with van der Waals surface area (Å²) < 4.78 is 59.9. The van der Waals surface area contributed by atoms with E-state index in [1.807, 2.05) is 86.6 Å². The van der Waals surface area contributed by atoms with Crippen molar-refractivity contribution in [3.8, 4) is 0 Å². The highest BCUT2D eigenvalue weighted by atomic mass is 32.2. The zero-order valence-electron chi connectivity index (χ0n) is 23.7. The van der Waals surface area contributed by atoms with Crippen LogP contribution in [0.5, 0.6) is 0 Å². The first-order chi connectivity index (χ1) is 20.2. The summed E-state index contributed by atoms with van der Waals surface area (Å²) in [6.45, 7) is 3.85. The van der Waals surface area contributed by atoms with Crippen molar-refractivity contribution in [1.82, 2.24) is 8.61 Å². The molecule has 6 rings (SSSR count). The Balaban J connectivity index is 1.46. The Morgan fingerprint density at radius 2 is 1.00 bits per heavy atom. The fourth-order valence-electron chi connectivity index (χ4n) is 6.14. The van der Waals surface area contributed by atoms with E-state index < -0.39 is 32.1 Å². The van der Waals surface area contributed by atoms with Crippen molar-refractivity contribution < 1.29 is 16.8 Å². The second-order valence-corrected chi connectivity index (χ2v) is 14.8. The van der Waals surface area contributed by atoms with Crippen LogP contribution in [-0.2, 0) is 20.0 Å². The van der Waals surface area contributed by atoms with Crippen LogP contribution in [0.1, 0.15) is 53.6 Å². The smallest absolute Gasteiger partial charge is 0.264 e. The minimum Gasteiger partial charge on any atom is -0.266 e. The van der Waals surface area contributed by atoms with E-state index >= 15 is 0 Å². The average Bonchev–Trinajstić information content (AvgIpc) is 3.65. The number of aryl methyl sites for hydroxylation is 2. The summed E-state index contributed by atoms with van der Waals surface area (Å²) in [7, 11) is -7.81. The second-order valence-electron chi connectivity index (χ2n) is 11.2. The minimum atomic E-state index is -3.91. The summed E-state index contributed by atoms with van der Waals surface area (Å²) in [6, 6.07) is 31.8. The molecule has 0 aromatic heterocycles. The van der Waals surface area contributed by atoms with E-state index in [1.54, 1.807) is 46.9 Å². The first-order valence-corrected chi connectivity index (χ1v) is 17.1. The summed E-state index contributed by atoms with van der Waals surface area (Å²) >= 11 is 0. The molecule has 0 radical (unpaired) electrons. The van der Waals surface area contributed by atoms with Gasteiger partial charge in [0.1, 0.15) is 0 Å². The van der Waals surface area contributed by atoms with E-state index in [0.717, 1.165) is 27.8 Å². The monoisotopic (exact) mass is 598 g/mol. The third-order valence-electron chi connectivity index (χ3n) is 8.35. The van der Waals surface area contributed by atoms with Crippen LogP contribution in [0.25, 0.3) is 0 Å². The van der Waals surface area contributed by atoms with Crippen molar-refractivity contribution in [3.63, 3.8) is 0 Å². The third-order valence-corrected chi connectivity index (χ3v) is 12.1. The van der Waals surface area contributed by atoms with E-state index in [1.165, 1.54) is 4.31 Å². The normalized spacial score (nSPS) is 21.4. The molecule has 0 amide bonds. The Morgan fingerprint density at radius 1 is 0.548 bits per heavy atom. The van der Waals surface area contributed by atoms with Gasteiger partial charge in [-0.3, -0.25) is 4.31 Å². The zero-order valence-corrected chi connectivity index (χ0v) is 25.3. The number of nitrogens with zero attached hydrogens (tertiary/aromatic N) is 2. The van der Waals surface area contributed by atoms with Crippen LogP contribution in [-0.4, -0.2) is 31.5 Å². The molecule has 2 aliphatic rings. The summed E-state index contributed by atoms with van der Waals surface area (Å²) in [5.41, 5.74) is 4.55. The fourth-order valence-corrected chi connectivity index (χ4v) is 9.53. The van der Waals surface area contributed by atoms with Gasteiger partial charge in [0.05, 0.1) is 21.9 Å². The standard InChI is InChI=1S/C34H34N2O4S2/c1-25-13-17-30(18-14-25)41(37,38)35-24-29(23-34(35)28-11-7-4-8-12-28)33-22-21-32(27-9-5-3-6-10-27)36(33)42(39,40)31-19-15-26(2)16-20-31/h3-20,24,32-34H,21-23H2,1-2H3/t32-,33+,34-/m0/s1. The first-order valence-electron chi connectivity index (χ1n) is 14.2. The van der Waals surface area contributed by atoms with Gasteiger partial charge in [0.15, 0.2) is 0 Å². The number of benzene rings is 4. The zero-order chi connectivity index (χ0) is 29.5. The second kappa shape index (κ2) is 11.2. The number of sulfonamides is 2. The maximum Gasteiger partial charge on any atom is 0.264 e. The molecule has 4 aromatic rings. The van der Waals surface area contributed by atoms with Gasteiger partial charge in [-0.1, -0.05) is 96.1 Å². The van der Waals surface area contributed by atoms with Crippen molar-refractivity contribution in [2.24, 2.45) is 0 Å². The van der Waals surface area contributed by atoms with Crippen LogP contribution in [0.2, 0.25) is 0 Å². The van der Waals surface area contributed by atoms with Gasteiger partial charge in [0, 0.05) is 12.2 Å². The predicted molar refractivity (Wildman–Crippen MR) is 164 cm³/mol. The van der Waals surface area contributed by atoms with Crippen LogP contribution < -0.4 is 0 Å². The molecule has 0 bridgehead atoms. The van der Waals surface area contributed by atoms with E-state index in [2.05, 4.69) is 0 Å². The van der Waals surface area contributed by atoms with E-state index in [9.17, 15) is 16.8 Å². The molecule has 4 aromatic carbocycles. The molecule has 0 N–H and O–H groups in total. The van der Waals surface area contributed by atoms with Gasteiger partial charge >= 0.3 is 0 Å². The van der Waals surface area contributed by atoms with Crippen LogP contribution in [0.4, 0.5) is 0 Å². The lowest BCUT2D eigenvalue weighted by Crippen LogP contribution is -2.38. The minimum absolute atomic E-state index is 0.212. The van der Waals surface area contributed by atoms with Crippen molar-refractivity contribution in [1.29, 1.82) is 0 Å². The molecule has 216 valence electrons. The first kappa shape index (κ1) is 28.4. The Bertz CT molecular complexity index is 1800. The number of hydrogen-bond acceptors (Lipinski definition) is 4. The molecule has 0 aliphatic carbocycles. The lowest BCUT2D eigenvalue weighted by atomic mass is 9.98. The lowest BCUT2D eigenvalue weighted by molar-refractivity contribution is 0.345. The Labute approximate surface area is 249 Å². The maximum atomic E-state index is 14.3. The number of hydrogen-bond donors (Lipinski definition) is 0. The summed E-state index contributed by atoms with van der Waals surface area (Å²) in [5.74, 6) is 0. The highest BCUT2D eigenvalue weighted by molar-refractivity contribution is 7.89. The Morgan fingerprint density at radius 3 is 1.52 bits per heavy atom. The van der Waals surface area contributed by atoms with Crippen molar-refractivity contribution in [2.75, 3.05) is 0 Å². The van der Waals surface area contributed by atoms with Crippen LogP contribution in [0.3, 0.4) is 0 Å². The highest BCUT2D eigenvalue weighted by Crippen LogP contribution is 2.48. The molecule has 2 aliphatic heterocycles. The summed E-state index contributed by atoms with van der Waals surface area (Å²) in [5, 5.41) is 0. The molecule has 1 saturated heterocycles. The van der Waals surface area contributed by atoms with Crippen LogP contribution in [0, 0.1) is 13.8 Å². The number of rotatable bonds is 7. The van der Waals surface area contributed by atoms with Crippen molar-refractivity contribution in [3.05, 3.63) is 143 Å². The topological polar surface area (TPSA) is 74.8 Å². The molecule has 0 spiro atoms. The molecule has 2 heterocycles. The molecule has 0 unspecified atom stereocenters. The largest absolute Gasteiger partial charge is 0.266 e. The van der Waals surface area contributed by atoms with Crippen molar-refractivity contribution in [2.45, 2.75) is 61.0 Å². The predicted octanol–water partition coefficient (Wildman–Crippen LogP) is 6.92. The Kier molecular flexibility index (Phi) is 7.55. The molecule has 6 nitrogen and oxygen atoms in total. The Hall–Kier alpha value is -3.72. The molecule has 8 heteroatoms. The SMILES string of the molecule is Cc1ccc(S(=O)(=O)N2C=C([C@H]3CC[C@@H](c4ccccc4)N3S(=O)(=O)c3ccc(C)cc3)C[C@H]2c2ccccc2)cc1. The molecular formula is C34H34N2O4S2. The van der Waals surface area contributed by atoms with E-state index in [-0.39, 0.29) is 15.8 Å². The highest BCUT2D eigenvalue weighted by Gasteiger charge is 2.47. The summed E-state index contributed by atoms with van der Waals surface area (Å²) in [6.07, 6.45) is 3.33. The fraction of sp³-hybridized carbons (Fsp3) is 0.235. The molecule has 42 heavy (non-hydrogen) atoms. The molecule has 0 saturated carbocycles. The van der Waals surface area contributed by atoms with Gasteiger partial charge < -0.3 is 0 Å². The van der Waals surface area contributed by atoms with Crippen LogP contribution in [0.15, 0.2) is 131 Å². The van der Waals surface area contributed by atoms with Gasteiger partial charge in [-0.15, -0.1) is 0 Å². The molecule has 1 fully saturated rings. The van der Waals surface area contributed by atoms with Gasteiger partial charge in [-0.2, -0.15) is 4.31 Å². The molecular weight excluding hydrogens is 565 g/mol. The third kappa shape index (κ3) is 5.19. The lowest BCUT2D eigenvalue weighted by Gasteiger charge is -2.30.